The number of carbonyl (C=O) groups is 5. The van der Waals surface area contributed by atoms with Crippen LogP contribution >= 0.6 is 21.6 Å². The Morgan fingerprint density at radius 1 is 0.895 bits per heavy atom. The highest BCUT2D eigenvalue weighted by Gasteiger charge is 2.43. The van der Waals surface area contributed by atoms with Gasteiger partial charge < -0.3 is 32.2 Å². The molecule has 0 bridgehead atoms. The molecule has 0 radical (unpaired) electrons. The second kappa shape index (κ2) is 17.6. The Kier molecular flexibility index (Phi) is 15.7. The van der Waals surface area contributed by atoms with Crippen LogP contribution in [0.25, 0.3) is 0 Å². The van der Waals surface area contributed by atoms with Crippen molar-refractivity contribution in [3.8, 4) is 0 Å². The summed E-state index contributed by atoms with van der Waals surface area (Å²) in [5, 5.41) is 8.44. The van der Waals surface area contributed by atoms with Crippen LogP contribution in [0.2, 0.25) is 0 Å². The molecule has 1 rings (SSSR count). The van der Waals surface area contributed by atoms with Gasteiger partial charge in [-0.15, -0.1) is 0 Å². The summed E-state index contributed by atoms with van der Waals surface area (Å²) in [4.78, 5) is 62.0. The molecule has 1 heterocycles. The molecule has 11 nitrogen and oxygen atoms in total. The van der Waals surface area contributed by atoms with E-state index in [1.54, 1.807) is 35.4 Å². The lowest BCUT2D eigenvalue weighted by Crippen LogP contribution is -2.64. The molecule has 0 aromatic rings. The van der Waals surface area contributed by atoms with Crippen LogP contribution < -0.4 is 27.4 Å². The molecule has 1 fully saturated rings. The van der Waals surface area contributed by atoms with Crippen LogP contribution in [0.5, 0.6) is 0 Å². The maximum Gasteiger partial charge on any atom is 0.246 e. The first-order valence-corrected chi connectivity index (χ1v) is 15.7. The SMILES string of the molecule is CC(C)C[C@H](NC(=O)C1(NC(=O)CCCSSCCCC(N)=O)CCOCC1)C(=O)N[C@H](C(N)=O)C(C)C. The lowest BCUT2D eigenvalue weighted by Gasteiger charge is -2.38. The van der Waals surface area contributed by atoms with Crippen molar-refractivity contribution in [1.82, 2.24) is 16.0 Å². The Hall–Kier alpha value is -1.99. The van der Waals surface area contributed by atoms with Gasteiger partial charge in [0.1, 0.15) is 17.6 Å². The first kappa shape index (κ1) is 34.0. The molecule has 0 spiro atoms. The topological polar surface area (TPSA) is 183 Å². The maximum absolute atomic E-state index is 13.5. The predicted octanol–water partition coefficient (Wildman–Crippen LogP) is 1.24. The van der Waals surface area contributed by atoms with E-state index in [2.05, 4.69) is 16.0 Å². The third-order valence-corrected chi connectivity index (χ3v) is 8.70. The normalized spacial score (nSPS) is 16.5. The molecule has 0 aromatic carbocycles. The van der Waals surface area contributed by atoms with Crippen LogP contribution in [0, 0.1) is 11.8 Å². The van der Waals surface area contributed by atoms with Crippen LogP contribution in [0.3, 0.4) is 0 Å². The number of nitrogens with one attached hydrogen (secondary N) is 3. The summed E-state index contributed by atoms with van der Waals surface area (Å²) in [5.41, 5.74) is 9.40. The first-order chi connectivity index (χ1) is 17.9. The van der Waals surface area contributed by atoms with Crippen molar-refractivity contribution in [1.29, 1.82) is 0 Å². The summed E-state index contributed by atoms with van der Waals surface area (Å²) in [5.74, 6) is -0.657. The predicted molar refractivity (Wildman–Crippen MR) is 151 cm³/mol. The fourth-order valence-corrected chi connectivity index (χ4v) is 6.17. The smallest absolute Gasteiger partial charge is 0.246 e. The Bertz CT molecular complexity index is 805. The second-order valence-electron chi connectivity index (χ2n) is 10.3. The lowest BCUT2D eigenvalue weighted by molar-refractivity contribution is -0.140. The maximum atomic E-state index is 13.5. The van der Waals surface area contributed by atoms with Gasteiger partial charge in [-0.2, -0.15) is 0 Å². The molecule has 5 amide bonds. The lowest BCUT2D eigenvalue weighted by atomic mass is 9.87. The molecule has 0 saturated carbocycles. The number of rotatable bonds is 18. The van der Waals surface area contributed by atoms with Gasteiger partial charge in [0, 0.05) is 50.4 Å². The van der Waals surface area contributed by atoms with Gasteiger partial charge in [0.15, 0.2) is 0 Å². The molecule has 1 saturated heterocycles. The summed E-state index contributed by atoms with van der Waals surface area (Å²) in [6, 6.07) is -1.74. The fraction of sp³-hybridized carbons (Fsp3) is 0.800. The van der Waals surface area contributed by atoms with Crippen LogP contribution in [0.15, 0.2) is 0 Å². The standard InChI is InChI=1S/C25H45N5O6S2/c1-16(2)15-18(23(34)29-21(17(3)4)22(27)33)28-24(35)25(9-11-36-12-10-25)30-20(32)8-6-14-38-37-13-5-7-19(26)31/h16-18,21H,5-15H2,1-4H3,(H2,26,31)(H2,27,33)(H,28,35)(H,29,34)(H,30,32)/t18-,21-/m0/s1. The van der Waals surface area contributed by atoms with Gasteiger partial charge in [-0.3, -0.25) is 24.0 Å². The van der Waals surface area contributed by atoms with Gasteiger partial charge in [0.05, 0.1) is 0 Å². The molecule has 218 valence electrons. The van der Waals surface area contributed by atoms with E-state index in [4.69, 9.17) is 16.2 Å². The highest BCUT2D eigenvalue weighted by atomic mass is 33.1. The summed E-state index contributed by atoms with van der Waals surface area (Å²) in [6.45, 7) is 8.04. The van der Waals surface area contributed by atoms with Crippen LogP contribution in [-0.2, 0) is 28.7 Å². The summed E-state index contributed by atoms with van der Waals surface area (Å²) in [7, 11) is 3.27. The molecule has 1 aliphatic rings. The van der Waals surface area contributed by atoms with Gasteiger partial charge in [-0.25, -0.2) is 0 Å². The van der Waals surface area contributed by atoms with Crippen LogP contribution in [0.4, 0.5) is 0 Å². The van der Waals surface area contributed by atoms with E-state index in [1.807, 2.05) is 13.8 Å². The number of hydrogen-bond donors (Lipinski definition) is 5. The van der Waals surface area contributed by atoms with Gasteiger partial charge in [-0.05, 0) is 31.1 Å². The molecule has 2 atom stereocenters. The zero-order chi connectivity index (χ0) is 28.7. The third-order valence-electron chi connectivity index (χ3n) is 6.13. The van der Waals surface area contributed by atoms with Gasteiger partial charge in [-0.1, -0.05) is 49.3 Å². The van der Waals surface area contributed by atoms with Crippen molar-refractivity contribution < 1.29 is 28.7 Å². The number of nitrogens with two attached hydrogens (primary N) is 2. The number of primary amides is 2. The van der Waals surface area contributed by atoms with Gasteiger partial charge in [0.2, 0.25) is 29.5 Å². The Morgan fingerprint density at radius 3 is 1.97 bits per heavy atom. The van der Waals surface area contributed by atoms with Crippen molar-refractivity contribution in [2.75, 3.05) is 24.7 Å². The molecule has 1 aliphatic heterocycles. The Morgan fingerprint density at radius 2 is 1.47 bits per heavy atom. The minimum atomic E-state index is -1.18. The molecule has 13 heteroatoms. The molecule has 0 aliphatic carbocycles. The van der Waals surface area contributed by atoms with E-state index >= 15 is 0 Å². The minimum Gasteiger partial charge on any atom is -0.381 e. The van der Waals surface area contributed by atoms with Crippen LogP contribution in [0.1, 0.15) is 72.6 Å². The van der Waals surface area contributed by atoms with Crippen molar-refractivity contribution in [2.45, 2.75) is 90.3 Å². The van der Waals surface area contributed by atoms with Gasteiger partial charge >= 0.3 is 0 Å². The van der Waals surface area contributed by atoms with Crippen molar-refractivity contribution in [3.63, 3.8) is 0 Å². The number of carbonyl (C=O) groups excluding carboxylic acids is 5. The average Bonchev–Trinajstić information content (AvgIpc) is 2.83. The summed E-state index contributed by atoms with van der Waals surface area (Å²) < 4.78 is 5.44. The van der Waals surface area contributed by atoms with E-state index in [-0.39, 0.29) is 30.1 Å². The van der Waals surface area contributed by atoms with Gasteiger partial charge in [0.25, 0.3) is 0 Å². The van der Waals surface area contributed by atoms with E-state index in [0.717, 1.165) is 17.9 Å². The largest absolute Gasteiger partial charge is 0.381 e. The third kappa shape index (κ3) is 12.7. The van der Waals surface area contributed by atoms with E-state index in [9.17, 15) is 24.0 Å². The van der Waals surface area contributed by atoms with Crippen molar-refractivity contribution in [3.05, 3.63) is 0 Å². The summed E-state index contributed by atoms with van der Waals surface area (Å²) >= 11 is 0. The Balaban J connectivity index is 2.76. The average molecular weight is 576 g/mol. The van der Waals surface area contributed by atoms with Crippen LogP contribution in [-0.4, -0.2) is 71.9 Å². The fourth-order valence-electron chi connectivity index (χ4n) is 3.99. The summed E-state index contributed by atoms with van der Waals surface area (Å²) in [6.07, 6.45) is 2.93. The van der Waals surface area contributed by atoms with Crippen molar-refractivity contribution >= 4 is 51.1 Å². The molecule has 0 aromatic heterocycles. The monoisotopic (exact) mass is 575 g/mol. The zero-order valence-electron chi connectivity index (χ0n) is 23.0. The highest BCUT2D eigenvalue weighted by molar-refractivity contribution is 8.76. The molecule has 0 unspecified atom stereocenters. The zero-order valence-corrected chi connectivity index (χ0v) is 24.6. The highest BCUT2D eigenvalue weighted by Crippen LogP contribution is 2.25. The second-order valence-corrected chi connectivity index (χ2v) is 13.1. The number of amides is 5. The quantitative estimate of drug-likeness (QED) is 0.119. The van der Waals surface area contributed by atoms with Crippen molar-refractivity contribution in [2.24, 2.45) is 23.3 Å². The molecular weight excluding hydrogens is 530 g/mol. The van der Waals surface area contributed by atoms with E-state index in [0.29, 0.717) is 45.3 Å². The number of hydrogen-bond acceptors (Lipinski definition) is 8. The Labute approximate surface area is 233 Å². The number of ether oxygens (including phenoxy) is 1. The first-order valence-electron chi connectivity index (χ1n) is 13.2. The van der Waals surface area contributed by atoms with E-state index < -0.39 is 35.3 Å². The minimum absolute atomic E-state index is 0.0866. The molecule has 38 heavy (non-hydrogen) atoms. The molecule has 7 N–H and O–H groups in total. The van der Waals surface area contributed by atoms with E-state index in [1.165, 1.54) is 0 Å². The molecular formula is C25H45N5O6S2.